The maximum absolute atomic E-state index is 13.5. The van der Waals surface area contributed by atoms with Gasteiger partial charge in [0.15, 0.2) is 0 Å². The number of nitro groups is 1. The lowest BCUT2D eigenvalue weighted by Crippen LogP contribution is -2.32. The van der Waals surface area contributed by atoms with Crippen LogP contribution in [0.15, 0.2) is 72.8 Å². The second kappa shape index (κ2) is 11.0. The van der Waals surface area contributed by atoms with Gasteiger partial charge in [-0.15, -0.1) is 0 Å². The van der Waals surface area contributed by atoms with E-state index in [2.05, 4.69) is 5.32 Å². The highest BCUT2D eigenvalue weighted by molar-refractivity contribution is 6.04. The fourth-order valence-corrected chi connectivity index (χ4v) is 3.19. The van der Waals surface area contributed by atoms with Crippen LogP contribution < -0.4 is 11.1 Å². The van der Waals surface area contributed by atoms with Crippen LogP contribution in [0.3, 0.4) is 0 Å². The zero-order valence-corrected chi connectivity index (χ0v) is 17.7. The van der Waals surface area contributed by atoms with Gasteiger partial charge in [0, 0.05) is 42.0 Å². The average molecular weight is 450 g/mol. The lowest BCUT2D eigenvalue weighted by atomic mass is 10.1. The van der Waals surface area contributed by atoms with Crippen molar-refractivity contribution in [2.75, 3.05) is 18.4 Å². The number of rotatable bonds is 9. The molecule has 0 aliphatic rings. The van der Waals surface area contributed by atoms with Crippen molar-refractivity contribution in [1.82, 2.24) is 4.90 Å². The van der Waals surface area contributed by atoms with Crippen molar-refractivity contribution in [3.63, 3.8) is 0 Å². The number of carbonyl (C=O) groups is 2. The molecule has 0 saturated heterocycles. The Morgan fingerprint density at radius 1 is 1.00 bits per heavy atom. The van der Waals surface area contributed by atoms with Gasteiger partial charge in [-0.1, -0.05) is 18.2 Å². The molecule has 33 heavy (non-hydrogen) atoms. The Bertz CT molecular complexity index is 1130. The molecule has 3 aromatic carbocycles. The minimum Gasteiger partial charge on any atom is -0.334 e. The van der Waals surface area contributed by atoms with Crippen LogP contribution in [0.5, 0.6) is 0 Å². The molecule has 3 rings (SSSR count). The predicted octanol–water partition coefficient (Wildman–Crippen LogP) is 3.98. The lowest BCUT2D eigenvalue weighted by Gasteiger charge is -2.23. The van der Waals surface area contributed by atoms with E-state index in [4.69, 9.17) is 5.73 Å². The molecular formula is C24H23FN4O4. The van der Waals surface area contributed by atoms with Gasteiger partial charge in [0.05, 0.1) is 4.92 Å². The maximum Gasteiger partial charge on any atom is 0.269 e. The van der Waals surface area contributed by atoms with Gasteiger partial charge in [0.25, 0.3) is 17.5 Å². The Morgan fingerprint density at radius 2 is 1.70 bits per heavy atom. The Morgan fingerprint density at radius 3 is 2.30 bits per heavy atom. The number of nitrogens with two attached hydrogens (primary N) is 1. The summed E-state index contributed by atoms with van der Waals surface area (Å²) >= 11 is 0. The standard InChI is InChI=1S/C24H23FN4O4/c25-20-4-1-3-19(15-20)24(31)28(14-2-13-26)16-17-5-9-21(10-6-17)27-23(30)18-7-11-22(12-8-18)29(32)33/h1,3-12,15H,2,13-14,16,26H2,(H,27,30). The van der Waals surface area contributed by atoms with Gasteiger partial charge >= 0.3 is 0 Å². The minimum absolute atomic E-state index is 0.0946. The number of amides is 2. The smallest absolute Gasteiger partial charge is 0.269 e. The molecule has 0 spiro atoms. The molecule has 0 bridgehead atoms. The molecule has 9 heteroatoms. The third-order valence-electron chi connectivity index (χ3n) is 4.92. The van der Waals surface area contributed by atoms with Gasteiger partial charge in [-0.25, -0.2) is 4.39 Å². The molecular weight excluding hydrogens is 427 g/mol. The second-order valence-electron chi connectivity index (χ2n) is 7.33. The van der Waals surface area contributed by atoms with E-state index in [0.717, 1.165) is 5.56 Å². The van der Waals surface area contributed by atoms with Crippen LogP contribution in [0.1, 0.15) is 32.7 Å². The van der Waals surface area contributed by atoms with Gasteiger partial charge in [-0.3, -0.25) is 19.7 Å². The molecule has 0 saturated carbocycles. The number of non-ortho nitro benzene ring substituents is 1. The second-order valence-corrected chi connectivity index (χ2v) is 7.33. The summed E-state index contributed by atoms with van der Waals surface area (Å²) in [6.07, 6.45) is 0.602. The summed E-state index contributed by atoms with van der Waals surface area (Å²) < 4.78 is 13.5. The monoisotopic (exact) mass is 450 g/mol. The number of nitrogens with one attached hydrogen (secondary N) is 1. The topological polar surface area (TPSA) is 119 Å². The molecule has 0 radical (unpaired) electrons. The van der Waals surface area contributed by atoms with Crippen molar-refractivity contribution in [2.45, 2.75) is 13.0 Å². The van der Waals surface area contributed by atoms with Crippen LogP contribution in [0.4, 0.5) is 15.8 Å². The molecule has 0 unspecified atom stereocenters. The third-order valence-corrected chi connectivity index (χ3v) is 4.92. The van der Waals surface area contributed by atoms with E-state index >= 15 is 0 Å². The van der Waals surface area contributed by atoms with Gasteiger partial charge in [-0.2, -0.15) is 0 Å². The molecule has 3 N–H and O–H groups in total. The summed E-state index contributed by atoms with van der Waals surface area (Å²) in [7, 11) is 0. The van der Waals surface area contributed by atoms with Crippen molar-refractivity contribution in [1.29, 1.82) is 0 Å². The molecule has 170 valence electrons. The Balaban J connectivity index is 1.67. The summed E-state index contributed by atoms with van der Waals surface area (Å²) in [5.74, 6) is -1.17. The largest absolute Gasteiger partial charge is 0.334 e. The summed E-state index contributed by atoms with van der Waals surface area (Å²) in [5, 5.41) is 13.5. The van der Waals surface area contributed by atoms with E-state index in [1.54, 1.807) is 35.2 Å². The molecule has 0 aliphatic heterocycles. The van der Waals surface area contributed by atoms with Crippen LogP contribution in [-0.4, -0.2) is 34.7 Å². The summed E-state index contributed by atoms with van der Waals surface area (Å²) in [6.45, 7) is 1.14. The van der Waals surface area contributed by atoms with E-state index in [1.807, 2.05) is 0 Å². The van der Waals surface area contributed by atoms with Crippen molar-refractivity contribution >= 4 is 23.2 Å². The van der Waals surface area contributed by atoms with Crippen molar-refractivity contribution in [3.05, 3.63) is 105 Å². The van der Waals surface area contributed by atoms with E-state index < -0.39 is 16.6 Å². The van der Waals surface area contributed by atoms with E-state index in [0.29, 0.717) is 37.3 Å². The number of anilines is 1. The number of hydrogen-bond acceptors (Lipinski definition) is 5. The van der Waals surface area contributed by atoms with Crippen LogP contribution in [-0.2, 0) is 6.54 Å². The zero-order valence-electron chi connectivity index (χ0n) is 17.7. The fourth-order valence-electron chi connectivity index (χ4n) is 3.19. The number of carbonyl (C=O) groups excluding carboxylic acids is 2. The molecule has 0 fully saturated rings. The third kappa shape index (κ3) is 6.44. The number of hydrogen-bond donors (Lipinski definition) is 2. The van der Waals surface area contributed by atoms with Crippen molar-refractivity contribution < 1.29 is 18.9 Å². The molecule has 8 nitrogen and oxygen atoms in total. The maximum atomic E-state index is 13.5. The number of benzene rings is 3. The SMILES string of the molecule is NCCCN(Cc1ccc(NC(=O)c2ccc([N+](=O)[O-])cc2)cc1)C(=O)c1cccc(F)c1. The minimum atomic E-state index is -0.531. The molecule has 0 aromatic heterocycles. The van der Waals surface area contributed by atoms with Crippen molar-refractivity contribution in [2.24, 2.45) is 5.73 Å². The highest BCUT2D eigenvalue weighted by atomic mass is 19.1. The van der Waals surface area contributed by atoms with E-state index in [9.17, 15) is 24.1 Å². The van der Waals surface area contributed by atoms with Crippen LogP contribution in [0.25, 0.3) is 0 Å². The number of halogens is 1. The van der Waals surface area contributed by atoms with Crippen LogP contribution >= 0.6 is 0 Å². The number of nitro benzene ring substituents is 1. The predicted molar refractivity (Wildman–Crippen MR) is 122 cm³/mol. The summed E-state index contributed by atoms with van der Waals surface area (Å²) in [6, 6.07) is 17.8. The van der Waals surface area contributed by atoms with Crippen LogP contribution in [0.2, 0.25) is 0 Å². The first-order valence-corrected chi connectivity index (χ1v) is 10.3. The highest BCUT2D eigenvalue weighted by Gasteiger charge is 2.17. The van der Waals surface area contributed by atoms with Gasteiger partial charge in [0.1, 0.15) is 5.82 Å². The molecule has 0 aliphatic carbocycles. The zero-order chi connectivity index (χ0) is 23.8. The van der Waals surface area contributed by atoms with Crippen LogP contribution in [0, 0.1) is 15.9 Å². The first-order valence-electron chi connectivity index (χ1n) is 10.3. The Labute approximate surface area is 190 Å². The molecule has 2 amide bonds. The molecule has 3 aromatic rings. The first-order chi connectivity index (χ1) is 15.9. The highest BCUT2D eigenvalue weighted by Crippen LogP contribution is 2.17. The lowest BCUT2D eigenvalue weighted by molar-refractivity contribution is -0.384. The van der Waals surface area contributed by atoms with Gasteiger partial charge < -0.3 is 16.0 Å². The average Bonchev–Trinajstić information content (AvgIpc) is 2.82. The van der Waals surface area contributed by atoms with Gasteiger partial charge in [-0.05, 0) is 61.0 Å². The van der Waals surface area contributed by atoms with Crippen molar-refractivity contribution in [3.8, 4) is 0 Å². The first kappa shape index (κ1) is 23.6. The quantitative estimate of drug-likeness (QED) is 0.378. The Kier molecular flexibility index (Phi) is 7.82. The fraction of sp³-hybridized carbons (Fsp3) is 0.167. The normalized spacial score (nSPS) is 10.5. The van der Waals surface area contributed by atoms with Gasteiger partial charge in [0.2, 0.25) is 0 Å². The van der Waals surface area contributed by atoms with E-state index in [-0.39, 0.29) is 17.2 Å². The summed E-state index contributed by atoms with van der Waals surface area (Å²) in [4.78, 5) is 37.0. The molecule has 0 atom stereocenters. The number of nitrogens with zero attached hydrogens (tertiary/aromatic N) is 2. The Hall–Kier alpha value is -4.11. The summed E-state index contributed by atoms with van der Waals surface area (Å²) in [5.41, 5.74) is 7.42. The van der Waals surface area contributed by atoms with E-state index in [1.165, 1.54) is 42.5 Å². The molecule has 0 heterocycles.